The van der Waals surface area contributed by atoms with Gasteiger partial charge in [0, 0.05) is 11.6 Å². The second kappa shape index (κ2) is 5.57. The summed E-state index contributed by atoms with van der Waals surface area (Å²) < 4.78 is 0. The van der Waals surface area contributed by atoms with E-state index in [9.17, 15) is 5.11 Å². The number of halogens is 2. The first-order chi connectivity index (χ1) is 7.73. The van der Waals surface area contributed by atoms with Crippen molar-refractivity contribution in [3.8, 4) is 0 Å². The van der Waals surface area contributed by atoms with Gasteiger partial charge in [0.05, 0.1) is 16.1 Å². The standard InChI is InChI=1S/C13H19Cl2NO/c1-13(2,3)11(16)7-10(17)8-5-4-6-9(14)12(8)15/h4-6,10-11,17H,7,16H2,1-3H3/t10-,11+/m0/s1. The maximum Gasteiger partial charge on any atom is 0.0819 e. The Kier molecular flexibility index (Phi) is 4.85. The van der Waals surface area contributed by atoms with Crippen molar-refractivity contribution in [2.75, 3.05) is 0 Å². The van der Waals surface area contributed by atoms with Gasteiger partial charge in [0.2, 0.25) is 0 Å². The Hall–Kier alpha value is -0.280. The van der Waals surface area contributed by atoms with Crippen LogP contribution in [0.3, 0.4) is 0 Å². The predicted molar refractivity (Wildman–Crippen MR) is 73.5 cm³/mol. The third-order valence-corrected chi connectivity index (χ3v) is 3.76. The number of aliphatic hydroxyl groups excluding tert-OH is 1. The van der Waals surface area contributed by atoms with Crippen LogP contribution in [-0.2, 0) is 0 Å². The van der Waals surface area contributed by atoms with Gasteiger partial charge >= 0.3 is 0 Å². The van der Waals surface area contributed by atoms with Gasteiger partial charge in [0.15, 0.2) is 0 Å². The minimum atomic E-state index is -0.685. The highest BCUT2D eigenvalue weighted by molar-refractivity contribution is 6.42. The summed E-state index contributed by atoms with van der Waals surface area (Å²) in [6, 6.07) is 5.14. The molecule has 0 saturated carbocycles. The molecule has 0 aliphatic carbocycles. The summed E-state index contributed by atoms with van der Waals surface area (Å²) in [4.78, 5) is 0. The lowest BCUT2D eigenvalue weighted by Crippen LogP contribution is -2.36. The van der Waals surface area contributed by atoms with Gasteiger partial charge in [-0.3, -0.25) is 0 Å². The van der Waals surface area contributed by atoms with Crippen LogP contribution < -0.4 is 5.73 Å². The van der Waals surface area contributed by atoms with Crippen LogP contribution in [0.25, 0.3) is 0 Å². The molecule has 3 N–H and O–H groups in total. The van der Waals surface area contributed by atoms with Crippen molar-refractivity contribution in [1.82, 2.24) is 0 Å². The van der Waals surface area contributed by atoms with Crippen molar-refractivity contribution in [2.24, 2.45) is 11.1 Å². The van der Waals surface area contributed by atoms with Crippen LogP contribution in [0.2, 0.25) is 10.0 Å². The molecule has 0 saturated heterocycles. The molecule has 0 heterocycles. The fourth-order valence-corrected chi connectivity index (χ4v) is 1.93. The zero-order valence-electron chi connectivity index (χ0n) is 10.4. The van der Waals surface area contributed by atoms with Gasteiger partial charge in [-0.2, -0.15) is 0 Å². The Morgan fingerprint density at radius 3 is 2.41 bits per heavy atom. The summed E-state index contributed by atoms with van der Waals surface area (Å²) in [7, 11) is 0. The molecule has 0 amide bonds. The monoisotopic (exact) mass is 275 g/mol. The fourth-order valence-electron chi connectivity index (χ4n) is 1.50. The summed E-state index contributed by atoms with van der Waals surface area (Å²) in [5.74, 6) is 0. The van der Waals surface area contributed by atoms with Crippen molar-refractivity contribution in [1.29, 1.82) is 0 Å². The highest BCUT2D eigenvalue weighted by Crippen LogP contribution is 2.33. The van der Waals surface area contributed by atoms with Gasteiger partial charge in [0.25, 0.3) is 0 Å². The van der Waals surface area contributed by atoms with Crippen LogP contribution in [0.5, 0.6) is 0 Å². The van der Waals surface area contributed by atoms with Crippen molar-refractivity contribution in [3.05, 3.63) is 33.8 Å². The summed E-state index contributed by atoms with van der Waals surface area (Å²) in [6.07, 6.45) is -0.223. The first-order valence-electron chi connectivity index (χ1n) is 5.61. The summed E-state index contributed by atoms with van der Waals surface area (Å²) >= 11 is 12.0. The molecular formula is C13H19Cl2NO. The molecule has 0 radical (unpaired) electrons. The maximum atomic E-state index is 10.1. The zero-order valence-corrected chi connectivity index (χ0v) is 11.9. The van der Waals surface area contributed by atoms with Gasteiger partial charge in [-0.25, -0.2) is 0 Å². The molecule has 0 fully saturated rings. The second-order valence-corrected chi connectivity index (χ2v) is 6.15. The Morgan fingerprint density at radius 2 is 1.88 bits per heavy atom. The lowest BCUT2D eigenvalue weighted by molar-refractivity contribution is 0.133. The minimum absolute atomic E-state index is 0.0496. The van der Waals surface area contributed by atoms with Crippen LogP contribution in [0.15, 0.2) is 18.2 Å². The van der Waals surface area contributed by atoms with Gasteiger partial charge in [0.1, 0.15) is 0 Å². The predicted octanol–water partition coefficient (Wildman–Crippen LogP) is 3.79. The van der Waals surface area contributed by atoms with E-state index in [-0.39, 0.29) is 11.5 Å². The van der Waals surface area contributed by atoms with Gasteiger partial charge in [-0.05, 0) is 17.9 Å². The molecule has 0 aliphatic heterocycles. The lowest BCUT2D eigenvalue weighted by Gasteiger charge is -2.29. The van der Waals surface area contributed by atoms with Crippen molar-refractivity contribution < 1.29 is 5.11 Å². The number of hydrogen-bond donors (Lipinski definition) is 2. The first-order valence-corrected chi connectivity index (χ1v) is 6.36. The molecule has 1 rings (SSSR count). The van der Waals surface area contributed by atoms with E-state index in [4.69, 9.17) is 28.9 Å². The largest absolute Gasteiger partial charge is 0.388 e. The molecule has 1 aromatic rings. The Balaban J connectivity index is 2.84. The molecule has 2 nitrogen and oxygen atoms in total. The Labute approximate surface area is 113 Å². The molecule has 0 aliphatic rings. The van der Waals surface area contributed by atoms with E-state index >= 15 is 0 Å². The van der Waals surface area contributed by atoms with Crippen LogP contribution in [-0.4, -0.2) is 11.1 Å². The van der Waals surface area contributed by atoms with E-state index in [1.54, 1.807) is 18.2 Å². The van der Waals surface area contributed by atoms with E-state index in [1.807, 2.05) is 20.8 Å². The second-order valence-electron chi connectivity index (χ2n) is 5.37. The zero-order chi connectivity index (χ0) is 13.2. The third kappa shape index (κ3) is 3.85. The highest BCUT2D eigenvalue weighted by atomic mass is 35.5. The summed E-state index contributed by atoms with van der Waals surface area (Å²) in [5, 5.41) is 11.0. The first kappa shape index (κ1) is 14.8. The van der Waals surface area contributed by atoms with Crippen molar-refractivity contribution in [2.45, 2.75) is 39.3 Å². The molecule has 1 aromatic carbocycles. The Bertz CT molecular complexity index is 387. The molecule has 96 valence electrons. The van der Waals surface area contributed by atoms with Gasteiger partial charge in [-0.1, -0.05) is 56.1 Å². The van der Waals surface area contributed by atoms with E-state index in [0.29, 0.717) is 22.0 Å². The minimum Gasteiger partial charge on any atom is -0.388 e. The summed E-state index contributed by atoms with van der Waals surface area (Å²) in [6.45, 7) is 6.14. The van der Waals surface area contributed by atoms with Crippen LogP contribution in [0.4, 0.5) is 0 Å². The van der Waals surface area contributed by atoms with E-state index < -0.39 is 6.10 Å². The molecule has 0 bridgehead atoms. The molecule has 0 aromatic heterocycles. The van der Waals surface area contributed by atoms with Gasteiger partial charge < -0.3 is 10.8 Å². The number of benzene rings is 1. The smallest absolute Gasteiger partial charge is 0.0819 e. The quantitative estimate of drug-likeness (QED) is 0.882. The average molecular weight is 276 g/mol. The van der Waals surface area contributed by atoms with Crippen LogP contribution in [0.1, 0.15) is 38.9 Å². The number of aliphatic hydroxyl groups is 1. The molecular weight excluding hydrogens is 257 g/mol. The van der Waals surface area contributed by atoms with E-state index in [2.05, 4.69) is 0 Å². The molecule has 4 heteroatoms. The molecule has 0 unspecified atom stereocenters. The topological polar surface area (TPSA) is 46.2 Å². The third-order valence-electron chi connectivity index (χ3n) is 2.93. The highest BCUT2D eigenvalue weighted by Gasteiger charge is 2.25. The van der Waals surface area contributed by atoms with Crippen molar-refractivity contribution >= 4 is 23.2 Å². The fraction of sp³-hybridized carbons (Fsp3) is 0.538. The normalized spacial score (nSPS) is 15.7. The van der Waals surface area contributed by atoms with E-state index in [1.165, 1.54) is 0 Å². The summed E-state index contributed by atoms with van der Waals surface area (Å²) in [5.41, 5.74) is 6.63. The van der Waals surface area contributed by atoms with Crippen molar-refractivity contribution in [3.63, 3.8) is 0 Å². The van der Waals surface area contributed by atoms with Gasteiger partial charge in [-0.15, -0.1) is 0 Å². The molecule has 2 atom stereocenters. The maximum absolute atomic E-state index is 10.1. The van der Waals surface area contributed by atoms with Crippen LogP contribution >= 0.6 is 23.2 Å². The average Bonchev–Trinajstić information content (AvgIpc) is 2.20. The van der Waals surface area contributed by atoms with Crippen LogP contribution in [0, 0.1) is 5.41 Å². The van der Waals surface area contributed by atoms with E-state index in [0.717, 1.165) is 0 Å². The SMILES string of the molecule is CC(C)(C)[C@H](N)C[C@H](O)c1cccc(Cl)c1Cl. The lowest BCUT2D eigenvalue weighted by atomic mass is 9.83. The number of nitrogens with two attached hydrogens (primary N) is 1. The molecule has 17 heavy (non-hydrogen) atoms. The number of hydrogen-bond acceptors (Lipinski definition) is 2. The molecule has 0 spiro atoms. The number of rotatable bonds is 3. The Morgan fingerprint density at radius 1 is 1.29 bits per heavy atom.